The average molecular weight is 408 g/mol. The van der Waals surface area contributed by atoms with Crippen LogP contribution in [0.2, 0.25) is 0 Å². The van der Waals surface area contributed by atoms with Crippen molar-refractivity contribution >= 4 is 5.91 Å². The quantitative estimate of drug-likeness (QED) is 0.578. The van der Waals surface area contributed by atoms with Crippen molar-refractivity contribution in [1.29, 1.82) is 0 Å². The van der Waals surface area contributed by atoms with Crippen molar-refractivity contribution in [3.8, 4) is 5.75 Å². The molecule has 1 aromatic carbocycles. The van der Waals surface area contributed by atoms with Crippen molar-refractivity contribution in [2.75, 3.05) is 6.54 Å². The molecule has 3 rings (SSSR count). The van der Waals surface area contributed by atoms with Gasteiger partial charge in [0.1, 0.15) is 17.3 Å². The van der Waals surface area contributed by atoms with Crippen LogP contribution in [0.1, 0.15) is 17.1 Å². The molecule has 0 aliphatic rings. The lowest BCUT2D eigenvalue weighted by molar-refractivity contribution is -0.274. The molecule has 9 heteroatoms. The summed E-state index contributed by atoms with van der Waals surface area (Å²) in [6.07, 6.45) is -1.72. The van der Waals surface area contributed by atoms with E-state index in [1.54, 1.807) is 35.2 Å². The van der Waals surface area contributed by atoms with Crippen LogP contribution in [0.15, 0.2) is 69.9 Å². The molecule has 29 heavy (non-hydrogen) atoms. The molecule has 0 saturated carbocycles. The molecule has 0 aliphatic heterocycles. The van der Waals surface area contributed by atoms with E-state index in [2.05, 4.69) is 10.1 Å². The Balaban J connectivity index is 1.60. The first kappa shape index (κ1) is 20.5. The molecule has 0 aliphatic carbocycles. The molecule has 0 spiro atoms. The Morgan fingerprint density at radius 3 is 2.14 bits per heavy atom. The molecular formula is C20H19F3N2O4. The van der Waals surface area contributed by atoms with E-state index in [0.29, 0.717) is 24.6 Å². The zero-order valence-electron chi connectivity index (χ0n) is 15.3. The van der Waals surface area contributed by atoms with E-state index in [0.717, 1.165) is 0 Å². The number of furan rings is 2. The summed E-state index contributed by atoms with van der Waals surface area (Å²) in [5, 5.41) is 2.63. The Hall–Kier alpha value is -3.20. The topological polar surface area (TPSA) is 67.9 Å². The zero-order valence-corrected chi connectivity index (χ0v) is 15.3. The van der Waals surface area contributed by atoms with E-state index in [1.165, 1.54) is 30.7 Å². The largest absolute Gasteiger partial charge is 0.573 e. The Morgan fingerprint density at radius 2 is 1.59 bits per heavy atom. The van der Waals surface area contributed by atoms with Gasteiger partial charge in [0.25, 0.3) is 0 Å². The Bertz CT molecular complexity index is 857. The van der Waals surface area contributed by atoms with Gasteiger partial charge < -0.3 is 18.9 Å². The normalized spacial score (nSPS) is 11.6. The van der Waals surface area contributed by atoms with Crippen molar-refractivity contribution in [1.82, 2.24) is 10.2 Å². The Labute approximate surface area is 164 Å². The number of alkyl halides is 3. The van der Waals surface area contributed by atoms with Crippen LogP contribution in [-0.2, 0) is 24.4 Å². The lowest BCUT2D eigenvalue weighted by atomic mass is 10.2. The molecule has 154 valence electrons. The SMILES string of the molecule is O=C(CN(Cc1ccco1)Cc1ccco1)NCc1ccccc1OC(F)(F)F. The van der Waals surface area contributed by atoms with Crippen molar-refractivity contribution in [2.45, 2.75) is 26.0 Å². The molecule has 1 N–H and O–H groups in total. The summed E-state index contributed by atoms with van der Waals surface area (Å²) in [7, 11) is 0. The standard InChI is InChI=1S/C20H19F3N2O4/c21-20(22,23)29-18-8-2-1-5-15(18)11-24-19(26)14-25(12-16-6-3-9-27-16)13-17-7-4-10-28-17/h1-10H,11-14H2,(H,24,26). The fourth-order valence-corrected chi connectivity index (χ4v) is 2.74. The second-order valence-corrected chi connectivity index (χ2v) is 6.24. The third-order valence-electron chi connectivity index (χ3n) is 3.96. The lowest BCUT2D eigenvalue weighted by Crippen LogP contribution is -2.36. The second-order valence-electron chi connectivity index (χ2n) is 6.24. The number of nitrogens with zero attached hydrogens (tertiary/aromatic N) is 1. The van der Waals surface area contributed by atoms with Gasteiger partial charge >= 0.3 is 6.36 Å². The predicted molar refractivity (Wildman–Crippen MR) is 96.5 cm³/mol. The lowest BCUT2D eigenvalue weighted by Gasteiger charge is -2.20. The van der Waals surface area contributed by atoms with Crippen molar-refractivity contribution in [3.63, 3.8) is 0 Å². The first-order chi connectivity index (χ1) is 13.9. The van der Waals surface area contributed by atoms with Crippen LogP contribution in [0, 0.1) is 0 Å². The third-order valence-corrected chi connectivity index (χ3v) is 3.96. The van der Waals surface area contributed by atoms with Crippen LogP contribution in [0.5, 0.6) is 5.75 Å². The Kier molecular flexibility index (Phi) is 6.61. The fourth-order valence-electron chi connectivity index (χ4n) is 2.74. The van der Waals surface area contributed by atoms with Crippen LogP contribution in [0.3, 0.4) is 0 Å². The highest BCUT2D eigenvalue weighted by Gasteiger charge is 2.32. The van der Waals surface area contributed by atoms with Gasteiger partial charge in [-0.3, -0.25) is 9.69 Å². The maximum Gasteiger partial charge on any atom is 0.573 e. The molecule has 0 saturated heterocycles. The molecule has 0 unspecified atom stereocenters. The highest BCUT2D eigenvalue weighted by Crippen LogP contribution is 2.26. The summed E-state index contributed by atoms with van der Waals surface area (Å²) in [6, 6.07) is 12.7. The van der Waals surface area contributed by atoms with E-state index >= 15 is 0 Å². The summed E-state index contributed by atoms with van der Waals surface area (Å²) < 4.78 is 52.2. The smallest absolute Gasteiger partial charge is 0.468 e. The van der Waals surface area contributed by atoms with Gasteiger partial charge in [0.05, 0.1) is 32.2 Å². The maximum absolute atomic E-state index is 12.5. The number of para-hydroxylation sites is 1. The number of hydrogen-bond acceptors (Lipinski definition) is 5. The molecule has 0 fully saturated rings. The number of amides is 1. The molecule has 6 nitrogen and oxygen atoms in total. The first-order valence-corrected chi connectivity index (χ1v) is 8.76. The summed E-state index contributed by atoms with van der Waals surface area (Å²) >= 11 is 0. The number of carbonyl (C=O) groups excluding carboxylic acids is 1. The number of hydrogen-bond donors (Lipinski definition) is 1. The highest BCUT2D eigenvalue weighted by molar-refractivity contribution is 5.78. The molecular weight excluding hydrogens is 389 g/mol. The summed E-state index contributed by atoms with van der Waals surface area (Å²) in [6.45, 7) is 0.647. The number of nitrogens with one attached hydrogen (secondary N) is 1. The van der Waals surface area contributed by atoms with Crippen LogP contribution in [-0.4, -0.2) is 23.7 Å². The molecule has 0 atom stereocenters. The maximum atomic E-state index is 12.5. The monoisotopic (exact) mass is 408 g/mol. The van der Waals surface area contributed by atoms with Gasteiger partial charge in [0.15, 0.2) is 0 Å². The number of benzene rings is 1. The van der Waals surface area contributed by atoms with Crippen LogP contribution in [0.25, 0.3) is 0 Å². The average Bonchev–Trinajstić information content (AvgIpc) is 3.34. The zero-order chi connectivity index (χ0) is 20.7. The molecule has 0 bridgehead atoms. The number of carbonyl (C=O) groups is 1. The van der Waals surface area contributed by atoms with E-state index < -0.39 is 6.36 Å². The molecule has 2 heterocycles. The van der Waals surface area contributed by atoms with Gasteiger partial charge in [-0.1, -0.05) is 18.2 Å². The molecule has 1 amide bonds. The van der Waals surface area contributed by atoms with Gasteiger partial charge in [-0.05, 0) is 30.3 Å². The summed E-state index contributed by atoms with van der Waals surface area (Å²) in [5.74, 6) is 0.648. The number of halogens is 3. The van der Waals surface area contributed by atoms with E-state index in [1.807, 2.05) is 0 Å². The third kappa shape index (κ3) is 6.72. The van der Waals surface area contributed by atoms with E-state index in [4.69, 9.17) is 8.83 Å². The van der Waals surface area contributed by atoms with Gasteiger partial charge in [0, 0.05) is 12.1 Å². The van der Waals surface area contributed by atoms with E-state index in [9.17, 15) is 18.0 Å². The van der Waals surface area contributed by atoms with Crippen LogP contribution < -0.4 is 10.1 Å². The van der Waals surface area contributed by atoms with Gasteiger partial charge in [-0.15, -0.1) is 13.2 Å². The minimum absolute atomic E-state index is 0.00367. The minimum atomic E-state index is -4.80. The number of ether oxygens (including phenoxy) is 1. The van der Waals surface area contributed by atoms with Gasteiger partial charge in [0.2, 0.25) is 5.91 Å². The van der Waals surface area contributed by atoms with Crippen molar-refractivity contribution in [2.24, 2.45) is 0 Å². The second kappa shape index (κ2) is 9.33. The van der Waals surface area contributed by atoms with Gasteiger partial charge in [-0.2, -0.15) is 0 Å². The molecule has 2 aromatic heterocycles. The summed E-state index contributed by atoms with van der Waals surface area (Å²) in [5.41, 5.74) is 0.224. The highest BCUT2D eigenvalue weighted by atomic mass is 19.4. The molecule has 0 radical (unpaired) electrons. The van der Waals surface area contributed by atoms with Crippen molar-refractivity contribution < 1.29 is 31.5 Å². The summed E-state index contributed by atoms with van der Waals surface area (Å²) in [4.78, 5) is 14.2. The van der Waals surface area contributed by atoms with Gasteiger partial charge in [-0.25, -0.2) is 0 Å². The van der Waals surface area contributed by atoms with Crippen LogP contribution >= 0.6 is 0 Å². The van der Waals surface area contributed by atoms with Crippen molar-refractivity contribution in [3.05, 3.63) is 78.1 Å². The van der Waals surface area contributed by atoms with E-state index in [-0.39, 0.29) is 30.3 Å². The fraction of sp³-hybridized carbons (Fsp3) is 0.250. The molecule has 3 aromatic rings. The first-order valence-electron chi connectivity index (χ1n) is 8.76. The Morgan fingerprint density at radius 1 is 0.966 bits per heavy atom. The minimum Gasteiger partial charge on any atom is -0.468 e. The van der Waals surface area contributed by atoms with Crippen LogP contribution in [0.4, 0.5) is 13.2 Å². The number of rotatable bonds is 9. The predicted octanol–water partition coefficient (Wildman–Crippen LogP) is 4.09.